The van der Waals surface area contributed by atoms with Crippen molar-refractivity contribution in [1.29, 1.82) is 0 Å². The molecule has 3 aromatic carbocycles. The van der Waals surface area contributed by atoms with Gasteiger partial charge in [-0.1, -0.05) is 72.8 Å². The Morgan fingerprint density at radius 3 is 2.24 bits per heavy atom. The molecule has 0 saturated heterocycles. The quantitative estimate of drug-likeness (QED) is 0.631. The zero-order chi connectivity index (χ0) is 16.6. The van der Waals surface area contributed by atoms with Gasteiger partial charge in [-0.3, -0.25) is 5.01 Å². The summed E-state index contributed by atoms with van der Waals surface area (Å²) in [4.78, 5) is 0. The van der Waals surface area contributed by atoms with Crippen LogP contribution in [-0.4, -0.2) is 5.71 Å². The van der Waals surface area contributed by atoms with Gasteiger partial charge in [-0.05, 0) is 36.1 Å². The Labute approximate surface area is 148 Å². The summed E-state index contributed by atoms with van der Waals surface area (Å²) in [6.07, 6.45) is 2.28. The first-order chi connectivity index (χ1) is 12.4. The van der Waals surface area contributed by atoms with E-state index < -0.39 is 0 Å². The Bertz CT molecular complexity index is 915. The molecule has 0 unspecified atom stereocenters. The Morgan fingerprint density at radius 1 is 0.760 bits per heavy atom. The van der Waals surface area contributed by atoms with Crippen LogP contribution in [0.2, 0.25) is 0 Å². The molecule has 1 heterocycles. The zero-order valence-electron chi connectivity index (χ0n) is 14.0. The minimum absolute atomic E-state index is 0.270. The van der Waals surface area contributed by atoms with E-state index >= 15 is 0 Å². The summed E-state index contributed by atoms with van der Waals surface area (Å²) in [5.41, 5.74) is 6.52. The maximum Gasteiger partial charge on any atom is 0.0860 e. The third-order valence-corrected chi connectivity index (χ3v) is 5.39. The number of hydrogen-bond acceptors (Lipinski definition) is 2. The number of rotatable bonds is 2. The van der Waals surface area contributed by atoms with Gasteiger partial charge in [0.2, 0.25) is 0 Å². The highest BCUT2D eigenvalue weighted by molar-refractivity contribution is 6.07. The molecule has 2 atom stereocenters. The van der Waals surface area contributed by atoms with Crippen molar-refractivity contribution in [3.63, 3.8) is 0 Å². The van der Waals surface area contributed by atoms with Gasteiger partial charge in [0.25, 0.3) is 0 Å². The second kappa shape index (κ2) is 5.89. The van der Waals surface area contributed by atoms with Crippen LogP contribution in [0.3, 0.4) is 0 Å². The molecule has 2 nitrogen and oxygen atoms in total. The van der Waals surface area contributed by atoms with E-state index in [1.807, 2.05) is 0 Å². The minimum atomic E-state index is 0.270. The number of fused-ring (bicyclic) bond motifs is 3. The zero-order valence-corrected chi connectivity index (χ0v) is 14.0. The van der Waals surface area contributed by atoms with Gasteiger partial charge in [0.1, 0.15) is 0 Å². The van der Waals surface area contributed by atoms with E-state index in [2.05, 4.69) is 89.9 Å². The molecule has 5 rings (SSSR count). The highest BCUT2D eigenvalue weighted by atomic mass is 15.5. The van der Waals surface area contributed by atoms with Crippen molar-refractivity contribution < 1.29 is 0 Å². The van der Waals surface area contributed by atoms with Gasteiger partial charge in [-0.15, -0.1) is 0 Å². The Morgan fingerprint density at radius 2 is 1.44 bits per heavy atom. The highest BCUT2D eigenvalue weighted by Gasteiger charge is 2.41. The van der Waals surface area contributed by atoms with Gasteiger partial charge < -0.3 is 0 Å². The lowest BCUT2D eigenvalue weighted by molar-refractivity contribution is 0.510. The normalized spacial score (nSPS) is 21.4. The van der Waals surface area contributed by atoms with Crippen molar-refractivity contribution in [3.05, 3.63) is 102 Å². The molecule has 1 aliphatic carbocycles. The highest BCUT2D eigenvalue weighted by Crippen LogP contribution is 2.45. The molecule has 1 aliphatic heterocycles. The summed E-state index contributed by atoms with van der Waals surface area (Å²) in [6.45, 7) is 0. The van der Waals surface area contributed by atoms with E-state index in [1.165, 1.54) is 22.4 Å². The summed E-state index contributed by atoms with van der Waals surface area (Å²) >= 11 is 0. The van der Waals surface area contributed by atoms with Crippen LogP contribution in [-0.2, 0) is 6.42 Å². The summed E-state index contributed by atoms with van der Waals surface area (Å²) in [5.74, 6) is 0.442. The smallest absolute Gasteiger partial charge is 0.0860 e. The number of nitrogens with zero attached hydrogens (tertiary/aromatic N) is 2. The van der Waals surface area contributed by atoms with Gasteiger partial charge in [-0.25, -0.2) is 0 Å². The standard InChI is InChI=1S/C23H20N2/c1-3-10-18(11-4-1)23-21-16-15-17-9-7-8-14-20(17)22(21)24-25(23)19-12-5-2-6-13-19/h1-14,21,23H,15-16H2/t21-,23-/m1/s1. The molecule has 25 heavy (non-hydrogen) atoms. The van der Waals surface area contributed by atoms with E-state index in [1.54, 1.807) is 0 Å². The van der Waals surface area contributed by atoms with Crippen LogP contribution >= 0.6 is 0 Å². The van der Waals surface area contributed by atoms with Crippen molar-refractivity contribution in [2.45, 2.75) is 18.9 Å². The van der Waals surface area contributed by atoms with Crippen LogP contribution in [0.25, 0.3) is 0 Å². The van der Waals surface area contributed by atoms with Crippen molar-refractivity contribution in [3.8, 4) is 0 Å². The number of hydrazone groups is 1. The molecular weight excluding hydrogens is 304 g/mol. The second-order valence-corrected chi connectivity index (χ2v) is 6.82. The fourth-order valence-electron chi connectivity index (χ4n) is 4.24. The van der Waals surface area contributed by atoms with Crippen molar-refractivity contribution >= 4 is 11.4 Å². The molecule has 122 valence electrons. The number of aryl methyl sites for hydroxylation is 1. The topological polar surface area (TPSA) is 15.6 Å². The molecule has 0 saturated carbocycles. The largest absolute Gasteiger partial charge is 0.257 e. The summed E-state index contributed by atoms with van der Waals surface area (Å²) < 4.78 is 0. The van der Waals surface area contributed by atoms with E-state index in [0.717, 1.165) is 18.5 Å². The van der Waals surface area contributed by atoms with Gasteiger partial charge in [0, 0.05) is 11.5 Å². The van der Waals surface area contributed by atoms with Gasteiger partial charge in [-0.2, -0.15) is 5.10 Å². The van der Waals surface area contributed by atoms with Gasteiger partial charge in [0.05, 0.1) is 17.4 Å². The van der Waals surface area contributed by atoms with Crippen molar-refractivity contribution in [2.24, 2.45) is 11.0 Å². The number of benzene rings is 3. The number of anilines is 1. The molecule has 2 aliphatic rings. The second-order valence-electron chi connectivity index (χ2n) is 6.82. The maximum absolute atomic E-state index is 5.13. The van der Waals surface area contributed by atoms with Crippen LogP contribution in [0.1, 0.15) is 29.2 Å². The molecule has 0 bridgehead atoms. The Balaban J connectivity index is 1.66. The monoisotopic (exact) mass is 324 g/mol. The number of hydrogen-bond donors (Lipinski definition) is 0. The lowest BCUT2D eigenvalue weighted by Gasteiger charge is -2.30. The summed E-state index contributed by atoms with van der Waals surface area (Å²) in [6, 6.07) is 30.4. The van der Waals surface area contributed by atoms with E-state index in [4.69, 9.17) is 5.10 Å². The van der Waals surface area contributed by atoms with Gasteiger partial charge in [0.15, 0.2) is 0 Å². The molecule has 0 amide bonds. The van der Waals surface area contributed by atoms with Crippen molar-refractivity contribution in [1.82, 2.24) is 0 Å². The summed E-state index contributed by atoms with van der Waals surface area (Å²) in [7, 11) is 0. The summed E-state index contributed by atoms with van der Waals surface area (Å²) in [5, 5.41) is 7.36. The SMILES string of the molecule is c1ccc([C@@H]2[C@@H]3CCc4ccccc4C3=NN2c2ccccc2)cc1. The van der Waals surface area contributed by atoms with E-state index in [9.17, 15) is 0 Å². The first-order valence-electron chi connectivity index (χ1n) is 8.98. The fourth-order valence-corrected chi connectivity index (χ4v) is 4.24. The molecule has 3 aromatic rings. The number of para-hydroxylation sites is 1. The third kappa shape index (κ3) is 2.37. The van der Waals surface area contributed by atoms with Crippen LogP contribution in [0, 0.1) is 5.92 Å². The predicted octanol–water partition coefficient (Wildman–Crippen LogP) is 5.21. The maximum atomic E-state index is 5.13. The predicted molar refractivity (Wildman–Crippen MR) is 103 cm³/mol. The van der Waals surface area contributed by atoms with Crippen molar-refractivity contribution in [2.75, 3.05) is 5.01 Å². The Hall–Kier alpha value is -2.87. The average molecular weight is 324 g/mol. The van der Waals surface area contributed by atoms with E-state index in [-0.39, 0.29) is 6.04 Å². The molecule has 0 spiro atoms. The lowest BCUT2D eigenvalue weighted by Crippen LogP contribution is -2.28. The van der Waals surface area contributed by atoms with Crippen LogP contribution in [0.4, 0.5) is 5.69 Å². The molecule has 0 radical (unpaired) electrons. The van der Waals surface area contributed by atoms with Gasteiger partial charge >= 0.3 is 0 Å². The van der Waals surface area contributed by atoms with Crippen LogP contribution in [0.5, 0.6) is 0 Å². The first kappa shape index (κ1) is 14.5. The fraction of sp³-hybridized carbons (Fsp3) is 0.174. The first-order valence-corrected chi connectivity index (χ1v) is 8.98. The van der Waals surface area contributed by atoms with E-state index in [0.29, 0.717) is 5.92 Å². The molecule has 0 N–H and O–H groups in total. The van der Waals surface area contributed by atoms with Crippen LogP contribution in [0.15, 0.2) is 90.0 Å². The Kier molecular flexibility index (Phi) is 3.41. The average Bonchev–Trinajstić information content (AvgIpc) is 3.09. The lowest BCUT2D eigenvalue weighted by atomic mass is 9.77. The minimum Gasteiger partial charge on any atom is -0.257 e. The van der Waals surface area contributed by atoms with Crippen LogP contribution < -0.4 is 5.01 Å². The molecule has 0 aromatic heterocycles. The molecular formula is C23H20N2. The third-order valence-electron chi connectivity index (χ3n) is 5.39. The molecule has 0 fully saturated rings. The molecule has 2 heteroatoms.